The van der Waals surface area contributed by atoms with E-state index in [1.54, 1.807) is 23.1 Å². The second kappa shape index (κ2) is 7.61. The summed E-state index contributed by atoms with van der Waals surface area (Å²) < 4.78 is 28.1. The molecule has 2 fully saturated rings. The van der Waals surface area contributed by atoms with Crippen LogP contribution in [0, 0.1) is 5.92 Å². The van der Waals surface area contributed by atoms with Crippen molar-refractivity contribution < 1.29 is 13.2 Å². The minimum atomic E-state index is -3.61. The fraction of sp³-hybridized carbons (Fsp3) is 0.588. The van der Waals surface area contributed by atoms with Gasteiger partial charge in [0.2, 0.25) is 5.91 Å². The van der Waals surface area contributed by atoms with Crippen LogP contribution >= 0.6 is 11.6 Å². The van der Waals surface area contributed by atoms with Crippen molar-refractivity contribution in [2.24, 2.45) is 5.92 Å². The van der Waals surface area contributed by atoms with Gasteiger partial charge in [0.05, 0.1) is 6.54 Å². The highest BCUT2D eigenvalue weighted by molar-refractivity contribution is 7.87. The maximum Gasteiger partial charge on any atom is 0.282 e. The Morgan fingerprint density at radius 2 is 2.00 bits per heavy atom. The van der Waals surface area contributed by atoms with E-state index in [2.05, 4.69) is 6.92 Å². The van der Waals surface area contributed by atoms with E-state index in [-0.39, 0.29) is 19.0 Å². The van der Waals surface area contributed by atoms with Crippen molar-refractivity contribution in [3.8, 4) is 0 Å². The first kappa shape index (κ1) is 18.6. The molecule has 0 spiro atoms. The van der Waals surface area contributed by atoms with E-state index >= 15 is 0 Å². The fourth-order valence-corrected chi connectivity index (χ4v) is 5.19. The van der Waals surface area contributed by atoms with E-state index in [1.165, 1.54) is 8.61 Å². The first-order valence-electron chi connectivity index (χ1n) is 8.63. The van der Waals surface area contributed by atoms with Gasteiger partial charge in [0.1, 0.15) is 0 Å². The van der Waals surface area contributed by atoms with Crippen LogP contribution in [0.3, 0.4) is 0 Å². The number of carbonyl (C=O) groups excluding carboxylic acids is 1. The average Bonchev–Trinajstić information content (AvgIpc) is 2.82. The van der Waals surface area contributed by atoms with Crippen LogP contribution in [-0.2, 0) is 21.5 Å². The molecule has 8 heteroatoms. The maximum atomic E-state index is 12.7. The van der Waals surface area contributed by atoms with Crippen molar-refractivity contribution in [3.63, 3.8) is 0 Å². The first-order valence-corrected chi connectivity index (χ1v) is 10.4. The van der Waals surface area contributed by atoms with E-state index in [1.807, 2.05) is 6.07 Å². The standard InChI is InChI=1S/C17H24ClN3O3S/c1-14-4-3-7-19(11-14)17(22)13-21-9-8-20(25(21,23)24)12-15-5-2-6-16(18)10-15/h2,5-6,10,14H,3-4,7-9,11-13H2,1H3. The Morgan fingerprint density at radius 3 is 2.72 bits per heavy atom. The Balaban J connectivity index is 1.63. The molecular formula is C17H24ClN3O3S. The topological polar surface area (TPSA) is 60.9 Å². The smallest absolute Gasteiger partial charge is 0.282 e. The van der Waals surface area contributed by atoms with E-state index in [4.69, 9.17) is 11.6 Å². The molecule has 138 valence electrons. The second-order valence-corrected chi connectivity index (χ2v) is 9.26. The molecule has 1 atom stereocenters. The average molecular weight is 386 g/mol. The van der Waals surface area contributed by atoms with Crippen molar-refractivity contribution in [1.29, 1.82) is 0 Å². The third kappa shape index (κ3) is 4.34. The van der Waals surface area contributed by atoms with Gasteiger partial charge < -0.3 is 4.90 Å². The number of hydrogen-bond acceptors (Lipinski definition) is 3. The Hall–Kier alpha value is -1.15. The molecule has 0 radical (unpaired) electrons. The molecule has 1 unspecified atom stereocenters. The largest absolute Gasteiger partial charge is 0.341 e. The lowest BCUT2D eigenvalue weighted by Crippen LogP contribution is -2.45. The lowest BCUT2D eigenvalue weighted by Gasteiger charge is -2.32. The van der Waals surface area contributed by atoms with Gasteiger partial charge in [0, 0.05) is 37.7 Å². The van der Waals surface area contributed by atoms with Crippen LogP contribution in [0.15, 0.2) is 24.3 Å². The maximum absolute atomic E-state index is 12.7. The predicted molar refractivity (Wildman–Crippen MR) is 97.3 cm³/mol. The van der Waals surface area contributed by atoms with Crippen molar-refractivity contribution in [2.75, 3.05) is 32.7 Å². The zero-order valence-electron chi connectivity index (χ0n) is 14.4. The molecular weight excluding hydrogens is 362 g/mol. The molecule has 0 bridgehead atoms. The van der Waals surface area contributed by atoms with Gasteiger partial charge in [-0.1, -0.05) is 30.7 Å². The molecule has 25 heavy (non-hydrogen) atoms. The van der Waals surface area contributed by atoms with Crippen molar-refractivity contribution in [1.82, 2.24) is 13.5 Å². The van der Waals surface area contributed by atoms with E-state index in [0.29, 0.717) is 24.0 Å². The van der Waals surface area contributed by atoms with Crippen molar-refractivity contribution in [3.05, 3.63) is 34.9 Å². The molecule has 0 aliphatic carbocycles. The number of halogens is 1. The fourth-order valence-electron chi connectivity index (χ4n) is 3.44. The monoisotopic (exact) mass is 385 g/mol. The highest BCUT2D eigenvalue weighted by Gasteiger charge is 2.38. The van der Waals surface area contributed by atoms with Crippen LogP contribution in [0.2, 0.25) is 5.02 Å². The summed E-state index contributed by atoms with van der Waals surface area (Å²) >= 11 is 5.97. The molecule has 3 rings (SSSR count). The van der Waals surface area contributed by atoms with Gasteiger partial charge in [0.15, 0.2) is 0 Å². The van der Waals surface area contributed by atoms with E-state index in [9.17, 15) is 13.2 Å². The van der Waals surface area contributed by atoms with Gasteiger partial charge in [-0.3, -0.25) is 4.79 Å². The van der Waals surface area contributed by atoms with Gasteiger partial charge in [-0.05, 0) is 36.5 Å². The molecule has 6 nitrogen and oxygen atoms in total. The van der Waals surface area contributed by atoms with Gasteiger partial charge in [-0.25, -0.2) is 0 Å². The normalized spacial score (nSPS) is 24.6. The highest BCUT2D eigenvalue weighted by Crippen LogP contribution is 2.22. The van der Waals surface area contributed by atoms with Crippen LogP contribution in [-0.4, -0.2) is 60.6 Å². The van der Waals surface area contributed by atoms with Crippen molar-refractivity contribution >= 4 is 27.7 Å². The van der Waals surface area contributed by atoms with Crippen LogP contribution < -0.4 is 0 Å². The predicted octanol–water partition coefficient (Wildman–Crippen LogP) is 1.96. The number of hydrogen-bond donors (Lipinski definition) is 0. The summed E-state index contributed by atoms with van der Waals surface area (Å²) in [5.74, 6) is 0.381. The van der Waals surface area contributed by atoms with Gasteiger partial charge in [-0.2, -0.15) is 17.0 Å². The number of benzene rings is 1. The lowest BCUT2D eigenvalue weighted by atomic mass is 10.0. The van der Waals surface area contributed by atoms with Gasteiger partial charge in [-0.15, -0.1) is 0 Å². The summed E-state index contributed by atoms with van der Waals surface area (Å²) in [7, 11) is -3.61. The highest BCUT2D eigenvalue weighted by atomic mass is 35.5. The second-order valence-electron chi connectivity index (χ2n) is 6.89. The van der Waals surface area contributed by atoms with Gasteiger partial charge in [0.25, 0.3) is 10.2 Å². The molecule has 0 N–H and O–H groups in total. The summed E-state index contributed by atoms with van der Waals surface area (Å²) in [6, 6.07) is 7.18. The summed E-state index contributed by atoms with van der Waals surface area (Å²) in [5, 5.41) is 0.584. The van der Waals surface area contributed by atoms with Gasteiger partial charge >= 0.3 is 0 Å². The molecule has 2 aliphatic heterocycles. The van der Waals surface area contributed by atoms with Crippen LogP contribution in [0.25, 0.3) is 0 Å². The summed E-state index contributed by atoms with van der Waals surface area (Å²) in [6.45, 7) is 4.51. The van der Waals surface area contributed by atoms with Crippen LogP contribution in [0.1, 0.15) is 25.3 Å². The lowest BCUT2D eigenvalue weighted by molar-refractivity contribution is -0.133. The molecule has 2 saturated heterocycles. The Labute approximate surface area is 154 Å². The Kier molecular flexibility index (Phi) is 5.68. The Morgan fingerprint density at radius 1 is 1.24 bits per heavy atom. The summed E-state index contributed by atoms with van der Waals surface area (Å²) in [4.78, 5) is 14.3. The Bertz CT molecular complexity index is 740. The number of piperidine rings is 1. The number of nitrogens with zero attached hydrogens (tertiary/aromatic N) is 3. The van der Waals surface area contributed by atoms with Crippen LogP contribution in [0.4, 0.5) is 0 Å². The summed E-state index contributed by atoms with van der Waals surface area (Å²) in [5.41, 5.74) is 0.842. The van der Waals surface area contributed by atoms with Crippen molar-refractivity contribution in [2.45, 2.75) is 26.3 Å². The first-order chi connectivity index (χ1) is 11.9. The number of rotatable bonds is 4. The molecule has 1 aromatic carbocycles. The third-order valence-electron chi connectivity index (χ3n) is 4.82. The minimum Gasteiger partial charge on any atom is -0.341 e. The zero-order valence-corrected chi connectivity index (χ0v) is 16.0. The molecule has 2 aliphatic rings. The SMILES string of the molecule is CC1CCCN(C(=O)CN2CCN(Cc3cccc(Cl)c3)S2(=O)=O)C1. The van der Waals surface area contributed by atoms with Crippen LogP contribution in [0.5, 0.6) is 0 Å². The third-order valence-corrected chi connectivity index (χ3v) is 6.98. The molecule has 2 heterocycles. The number of likely N-dealkylation sites (tertiary alicyclic amines) is 1. The molecule has 0 aromatic heterocycles. The van der Waals surface area contributed by atoms with E-state index in [0.717, 1.165) is 31.5 Å². The molecule has 1 amide bonds. The molecule has 1 aromatic rings. The van der Waals surface area contributed by atoms with E-state index < -0.39 is 10.2 Å². The number of amides is 1. The number of carbonyl (C=O) groups is 1. The zero-order chi connectivity index (χ0) is 18.0. The molecule has 0 saturated carbocycles. The quantitative estimate of drug-likeness (QED) is 0.796. The summed E-state index contributed by atoms with van der Waals surface area (Å²) in [6.07, 6.45) is 2.11. The minimum absolute atomic E-state index is 0.0684.